The van der Waals surface area contributed by atoms with E-state index in [4.69, 9.17) is 16.3 Å². The molecular formula is C19H20ClN5O3S. The topological polar surface area (TPSA) is 93.1 Å². The zero-order valence-corrected chi connectivity index (χ0v) is 17.5. The van der Waals surface area contributed by atoms with Crippen LogP contribution >= 0.6 is 23.4 Å². The molecule has 1 saturated heterocycles. The van der Waals surface area contributed by atoms with Gasteiger partial charge in [-0.1, -0.05) is 29.4 Å². The normalized spacial score (nSPS) is 19.6. The summed E-state index contributed by atoms with van der Waals surface area (Å²) >= 11 is 7.27. The van der Waals surface area contributed by atoms with Gasteiger partial charge in [-0.3, -0.25) is 9.59 Å². The lowest BCUT2D eigenvalue weighted by molar-refractivity contribution is -0.140. The maximum Gasteiger partial charge on any atom is 0.262 e. The number of rotatable bonds is 4. The number of hydrogen-bond donors (Lipinski definition) is 1. The molecular weight excluding hydrogens is 414 g/mol. The van der Waals surface area contributed by atoms with Gasteiger partial charge in [0.15, 0.2) is 10.8 Å². The highest BCUT2D eigenvalue weighted by Crippen LogP contribution is 2.21. The lowest BCUT2D eigenvalue weighted by atomic mass is 10.2. The summed E-state index contributed by atoms with van der Waals surface area (Å²) < 4.78 is 7.23. The van der Waals surface area contributed by atoms with Crippen LogP contribution in [0.3, 0.4) is 0 Å². The van der Waals surface area contributed by atoms with Crippen molar-refractivity contribution in [2.45, 2.75) is 31.2 Å². The fraction of sp³-hybridized carbons (Fsp3) is 0.368. The van der Waals surface area contributed by atoms with Crippen LogP contribution in [0.1, 0.15) is 13.8 Å². The number of aromatic amines is 1. The third-order valence-electron chi connectivity index (χ3n) is 4.57. The van der Waals surface area contributed by atoms with E-state index >= 15 is 0 Å². The molecule has 1 amide bonds. The van der Waals surface area contributed by atoms with E-state index in [1.54, 1.807) is 27.8 Å². The number of carbonyl (C=O) groups is 1. The Morgan fingerprint density at radius 1 is 1.34 bits per heavy atom. The summed E-state index contributed by atoms with van der Waals surface area (Å²) in [4.78, 5) is 34.1. The third-order valence-corrected chi connectivity index (χ3v) is 5.67. The summed E-state index contributed by atoms with van der Waals surface area (Å²) in [6.07, 6.45) is 1.49. The molecule has 3 aromatic rings. The Hall–Kier alpha value is -2.36. The van der Waals surface area contributed by atoms with E-state index in [-0.39, 0.29) is 29.4 Å². The van der Waals surface area contributed by atoms with Crippen LogP contribution in [0.15, 0.2) is 40.4 Å². The Bertz CT molecular complexity index is 1100. The highest BCUT2D eigenvalue weighted by molar-refractivity contribution is 7.99. The minimum atomic E-state index is -0.299. The Kier molecular flexibility index (Phi) is 5.62. The van der Waals surface area contributed by atoms with Gasteiger partial charge in [0.2, 0.25) is 5.91 Å². The van der Waals surface area contributed by atoms with Gasteiger partial charge in [-0.25, -0.2) is 9.67 Å². The summed E-state index contributed by atoms with van der Waals surface area (Å²) in [7, 11) is 0. The van der Waals surface area contributed by atoms with E-state index in [1.807, 2.05) is 19.9 Å². The summed E-state index contributed by atoms with van der Waals surface area (Å²) in [5.41, 5.74) is 0.820. The minimum absolute atomic E-state index is 0.00836. The van der Waals surface area contributed by atoms with Crippen molar-refractivity contribution in [3.8, 4) is 5.69 Å². The zero-order valence-electron chi connectivity index (χ0n) is 16.0. The molecule has 10 heteroatoms. The number of H-pyrrole nitrogens is 1. The summed E-state index contributed by atoms with van der Waals surface area (Å²) in [5, 5.41) is 5.57. The minimum Gasteiger partial charge on any atom is -0.372 e. The van der Waals surface area contributed by atoms with Crippen molar-refractivity contribution in [1.29, 1.82) is 0 Å². The number of carbonyl (C=O) groups excluding carboxylic acids is 1. The molecule has 8 nitrogen and oxygen atoms in total. The molecule has 1 aromatic carbocycles. The average Bonchev–Trinajstić information content (AvgIpc) is 3.10. The number of ether oxygens (including phenoxy) is 1. The molecule has 2 aromatic heterocycles. The van der Waals surface area contributed by atoms with Crippen molar-refractivity contribution in [3.63, 3.8) is 0 Å². The molecule has 0 spiro atoms. The van der Waals surface area contributed by atoms with Crippen molar-refractivity contribution in [2.75, 3.05) is 18.8 Å². The number of benzene rings is 1. The van der Waals surface area contributed by atoms with Crippen LogP contribution in [0, 0.1) is 0 Å². The van der Waals surface area contributed by atoms with Gasteiger partial charge in [-0.05, 0) is 32.0 Å². The molecule has 2 atom stereocenters. The number of amides is 1. The van der Waals surface area contributed by atoms with Crippen LogP contribution in [0.4, 0.5) is 0 Å². The first kappa shape index (κ1) is 19.9. The van der Waals surface area contributed by atoms with Gasteiger partial charge < -0.3 is 14.6 Å². The number of halogens is 1. The van der Waals surface area contributed by atoms with Crippen LogP contribution in [0.5, 0.6) is 0 Å². The van der Waals surface area contributed by atoms with E-state index in [9.17, 15) is 9.59 Å². The predicted molar refractivity (Wildman–Crippen MR) is 112 cm³/mol. The third kappa shape index (κ3) is 4.31. The Labute approximate surface area is 176 Å². The van der Waals surface area contributed by atoms with Gasteiger partial charge in [0.05, 0.1) is 29.8 Å². The second kappa shape index (κ2) is 8.17. The van der Waals surface area contributed by atoms with Crippen LogP contribution in [0.25, 0.3) is 16.7 Å². The molecule has 0 bridgehead atoms. The number of nitrogens with zero attached hydrogens (tertiary/aromatic N) is 4. The van der Waals surface area contributed by atoms with E-state index in [2.05, 4.69) is 15.1 Å². The lowest BCUT2D eigenvalue weighted by Crippen LogP contribution is -2.48. The first-order chi connectivity index (χ1) is 13.9. The fourth-order valence-corrected chi connectivity index (χ4v) is 4.31. The standard InChI is InChI=1S/C19H20ClN5O3S/c1-11-8-24(9-12(2)28-11)16(26)10-29-19-22-17-15(18(27)23-19)7-21-25(17)14-5-3-4-13(20)6-14/h3-7,11-12H,8-10H2,1-2H3,(H,22,23,27). The number of hydrogen-bond acceptors (Lipinski definition) is 6. The summed E-state index contributed by atoms with van der Waals surface area (Å²) in [5.74, 6) is 0.169. The average molecular weight is 434 g/mol. The van der Waals surface area contributed by atoms with Crippen molar-refractivity contribution in [1.82, 2.24) is 24.6 Å². The summed E-state index contributed by atoms with van der Waals surface area (Å²) in [6, 6.07) is 7.14. The van der Waals surface area contributed by atoms with Gasteiger partial charge in [-0.2, -0.15) is 5.10 Å². The molecule has 1 fully saturated rings. The van der Waals surface area contributed by atoms with Crippen LogP contribution < -0.4 is 5.56 Å². The molecule has 1 aliphatic rings. The van der Waals surface area contributed by atoms with Gasteiger partial charge in [-0.15, -0.1) is 0 Å². The van der Waals surface area contributed by atoms with Gasteiger partial charge in [0, 0.05) is 18.1 Å². The molecule has 152 valence electrons. The van der Waals surface area contributed by atoms with E-state index in [0.29, 0.717) is 40.0 Å². The maximum atomic E-state index is 12.6. The highest BCUT2D eigenvalue weighted by Gasteiger charge is 2.26. The molecule has 29 heavy (non-hydrogen) atoms. The first-order valence-corrected chi connectivity index (χ1v) is 10.6. The molecule has 0 saturated carbocycles. The SMILES string of the molecule is CC1CN(C(=O)CSc2nc3c(cnn3-c3cccc(Cl)c3)c(=O)[nH]2)CC(C)O1. The highest BCUT2D eigenvalue weighted by atomic mass is 35.5. The Morgan fingerprint density at radius 3 is 2.83 bits per heavy atom. The Balaban J connectivity index is 1.56. The summed E-state index contributed by atoms with van der Waals surface area (Å²) in [6.45, 7) is 5.03. The van der Waals surface area contributed by atoms with Crippen molar-refractivity contribution < 1.29 is 9.53 Å². The molecule has 3 heterocycles. The van der Waals surface area contributed by atoms with E-state index in [0.717, 1.165) is 0 Å². The largest absolute Gasteiger partial charge is 0.372 e. The number of nitrogens with one attached hydrogen (secondary N) is 1. The van der Waals surface area contributed by atoms with E-state index in [1.165, 1.54) is 18.0 Å². The first-order valence-electron chi connectivity index (χ1n) is 9.20. The second-order valence-electron chi connectivity index (χ2n) is 6.99. The molecule has 2 unspecified atom stereocenters. The van der Waals surface area contributed by atoms with Crippen LogP contribution in [-0.4, -0.2) is 61.6 Å². The molecule has 0 radical (unpaired) electrons. The smallest absolute Gasteiger partial charge is 0.262 e. The molecule has 1 aliphatic heterocycles. The monoisotopic (exact) mass is 433 g/mol. The van der Waals surface area contributed by atoms with E-state index < -0.39 is 0 Å². The zero-order chi connectivity index (χ0) is 20.5. The maximum absolute atomic E-state index is 12.6. The van der Waals surface area contributed by atoms with Gasteiger partial charge in [0.1, 0.15) is 5.39 Å². The van der Waals surface area contributed by atoms with Crippen LogP contribution in [-0.2, 0) is 9.53 Å². The van der Waals surface area contributed by atoms with Crippen molar-refractivity contribution in [2.24, 2.45) is 0 Å². The molecule has 4 rings (SSSR count). The molecule has 0 aliphatic carbocycles. The quantitative estimate of drug-likeness (QED) is 0.502. The molecule has 1 N–H and O–H groups in total. The Morgan fingerprint density at radius 2 is 2.10 bits per heavy atom. The van der Waals surface area contributed by atoms with Gasteiger partial charge in [0.25, 0.3) is 5.56 Å². The number of thioether (sulfide) groups is 1. The van der Waals surface area contributed by atoms with Crippen molar-refractivity contribution >= 4 is 40.3 Å². The van der Waals surface area contributed by atoms with Crippen molar-refractivity contribution in [3.05, 3.63) is 45.8 Å². The lowest BCUT2D eigenvalue weighted by Gasteiger charge is -2.35. The van der Waals surface area contributed by atoms with Gasteiger partial charge >= 0.3 is 0 Å². The fourth-order valence-electron chi connectivity index (χ4n) is 3.37. The predicted octanol–water partition coefficient (Wildman–Crippen LogP) is 2.49. The van der Waals surface area contributed by atoms with Crippen LogP contribution in [0.2, 0.25) is 5.02 Å². The second-order valence-corrected chi connectivity index (χ2v) is 8.39. The number of fused-ring (bicyclic) bond motifs is 1. The number of morpholine rings is 1. The number of aromatic nitrogens is 4.